The summed E-state index contributed by atoms with van der Waals surface area (Å²) >= 11 is 0. The van der Waals surface area contributed by atoms with E-state index >= 15 is 0 Å². The number of rotatable bonds is 3. The number of hydrogen-bond donors (Lipinski definition) is 1. The van der Waals surface area contributed by atoms with Crippen LogP contribution in [-0.4, -0.2) is 14.8 Å². The lowest BCUT2D eigenvalue weighted by molar-refractivity contribution is 0.584. The Labute approximate surface area is 90.9 Å². The average Bonchev–Trinajstić information content (AvgIpc) is 2.59. The predicted molar refractivity (Wildman–Crippen MR) is 54.7 cm³/mol. The molecule has 0 spiro atoms. The topological polar surface area (TPSA) is 42.7 Å². The van der Waals surface area contributed by atoms with Crippen LogP contribution in [0.4, 0.5) is 14.5 Å². The summed E-state index contributed by atoms with van der Waals surface area (Å²) in [5.41, 5.74) is 0.375. The van der Waals surface area contributed by atoms with Crippen LogP contribution in [0.2, 0.25) is 0 Å². The molecule has 0 aliphatic carbocycles. The molecule has 0 saturated heterocycles. The molecule has 0 aliphatic rings. The molecule has 6 heteroatoms. The van der Waals surface area contributed by atoms with Gasteiger partial charge in [-0.25, -0.2) is 8.78 Å². The summed E-state index contributed by atoms with van der Waals surface area (Å²) in [6.45, 7) is 0.361. The van der Waals surface area contributed by atoms with Gasteiger partial charge in [0, 0.05) is 18.8 Å². The Bertz CT molecular complexity index is 475. The summed E-state index contributed by atoms with van der Waals surface area (Å²) in [6, 6.07) is 3.27. The first kappa shape index (κ1) is 10.5. The summed E-state index contributed by atoms with van der Waals surface area (Å²) in [7, 11) is 1.79. The van der Waals surface area contributed by atoms with E-state index in [4.69, 9.17) is 0 Å². The van der Waals surface area contributed by atoms with Crippen LogP contribution in [0.15, 0.2) is 24.5 Å². The molecular weight excluding hydrogens is 214 g/mol. The van der Waals surface area contributed by atoms with Crippen LogP contribution in [-0.2, 0) is 13.6 Å². The van der Waals surface area contributed by atoms with Crippen molar-refractivity contribution in [1.29, 1.82) is 0 Å². The van der Waals surface area contributed by atoms with Crippen LogP contribution in [0.5, 0.6) is 0 Å². The number of nitrogens with one attached hydrogen (secondary N) is 1. The fourth-order valence-corrected chi connectivity index (χ4v) is 1.30. The third-order valence-corrected chi connectivity index (χ3v) is 2.12. The minimum Gasteiger partial charge on any atom is -0.378 e. The van der Waals surface area contributed by atoms with Gasteiger partial charge >= 0.3 is 0 Å². The van der Waals surface area contributed by atoms with E-state index in [-0.39, 0.29) is 0 Å². The minimum atomic E-state index is -0.611. The van der Waals surface area contributed by atoms with Gasteiger partial charge in [-0.15, -0.1) is 10.2 Å². The normalized spacial score (nSPS) is 10.4. The molecule has 0 saturated carbocycles. The number of aromatic nitrogens is 3. The molecule has 0 fully saturated rings. The maximum Gasteiger partial charge on any atom is 0.151 e. The molecule has 1 N–H and O–H groups in total. The molecule has 0 radical (unpaired) electrons. The first-order chi connectivity index (χ1) is 7.65. The van der Waals surface area contributed by atoms with Gasteiger partial charge in [-0.05, 0) is 12.1 Å². The van der Waals surface area contributed by atoms with Crippen LogP contribution in [0.25, 0.3) is 0 Å². The molecule has 0 bridgehead atoms. The van der Waals surface area contributed by atoms with Crippen molar-refractivity contribution in [1.82, 2.24) is 14.8 Å². The van der Waals surface area contributed by atoms with Crippen molar-refractivity contribution in [3.63, 3.8) is 0 Å². The van der Waals surface area contributed by atoms with Gasteiger partial charge < -0.3 is 9.88 Å². The summed E-state index contributed by atoms with van der Waals surface area (Å²) < 4.78 is 27.4. The lowest BCUT2D eigenvalue weighted by Crippen LogP contribution is -2.06. The van der Waals surface area contributed by atoms with Gasteiger partial charge in [0.2, 0.25) is 0 Å². The Hall–Kier alpha value is -1.98. The first-order valence-electron chi connectivity index (χ1n) is 4.68. The highest BCUT2D eigenvalue weighted by molar-refractivity contribution is 5.43. The van der Waals surface area contributed by atoms with E-state index in [1.54, 1.807) is 17.9 Å². The van der Waals surface area contributed by atoms with Crippen molar-refractivity contribution < 1.29 is 8.78 Å². The van der Waals surface area contributed by atoms with Crippen molar-refractivity contribution in [2.45, 2.75) is 6.54 Å². The second-order valence-electron chi connectivity index (χ2n) is 3.37. The third kappa shape index (κ3) is 2.33. The Kier molecular flexibility index (Phi) is 2.80. The maximum absolute atomic E-state index is 12.9. The van der Waals surface area contributed by atoms with E-state index in [1.165, 1.54) is 12.1 Å². The molecule has 0 aliphatic heterocycles. The third-order valence-electron chi connectivity index (χ3n) is 2.12. The monoisotopic (exact) mass is 224 g/mol. The lowest BCUT2D eigenvalue weighted by atomic mass is 10.3. The Morgan fingerprint density at radius 3 is 2.50 bits per heavy atom. The fraction of sp³-hybridized carbons (Fsp3) is 0.200. The first-order valence-corrected chi connectivity index (χ1v) is 4.68. The Balaban J connectivity index is 2.07. The second kappa shape index (κ2) is 4.26. The molecule has 0 unspecified atom stereocenters. The van der Waals surface area contributed by atoms with E-state index in [2.05, 4.69) is 15.5 Å². The van der Waals surface area contributed by atoms with E-state index < -0.39 is 11.6 Å². The smallest absolute Gasteiger partial charge is 0.151 e. The molecule has 0 atom stereocenters. The van der Waals surface area contributed by atoms with E-state index in [1.807, 2.05) is 0 Å². The maximum atomic E-state index is 12.9. The van der Waals surface area contributed by atoms with E-state index in [9.17, 15) is 8.78 Å². The zero-order valence-corrected chi connectivity index (χ0v) is 8.61. The molecule has 2 aromatic rings. The van der Waals surface area contributed by atoms with Crippen LogP contribution in [0.1, 0.15) is 5.82 Å². The number of hydrogen-bond acceptors (Lipinski definition) is 3. The molecule has 84 valence electrons. The number of nitrogens with zero attached hydrogens (tertiary/aromatic N) is 3. The zero-order valence-electron chi connectivity index (χ0n) is 8.61. The van der Waals surface area contributed by atoms with Gasteiger partial charge in [0.1, 0.15) is 18.0 Å². The second-order valence-corrected chi connectivity index (χ2v) is 3.37. The van der Waals surface area contributed by atoms with Crippen LogP contribution >= 0.6 is 0 Å². The quantitative estimate of drug-likeness (QED) is 0.863. The van der Waals surface area contributed by atoms with Crippen molar-refractivity contribution in [2.24, 2.45) is 7.05 Å². The van der Waals surface area contributed by atoms with Crippen molar-refractivity contribution >= 4 is 5.69 Å². The highest BCUT2D eigenvalue weighted by Gasteiger charge is 2.03. The fourth-order valence-electron chi connectivity index (χ4n) is 1.30. The number of halogens is 2. The molecule has 0 amide bonds. The zero-order chi connectivity index (χ0) is 11.5. The molecule has 1 aromatic heterocycles. The summed E-state index contributed by atoms with van der Waals surface area (Å²) in [4.78, 5) is 0. The summed E-state index contributed by atoms with van der Waals surface area (Å²) in [5.74, 6) is -0.536. The average molecular weight is 224 g/mol. The van der Waals surface area contributed by atoms with E-state index in [0.29, 0.717) is 18.1 Å². The van der Waals surface area contributed by atoms with Crippen LogP contribution in [0, 0.1) is 11.6 Å². The van der Waals surface area contributed by atoms with Gasteiger partial charge in [0.25, 0.3) is 0 Å². The lowest BCUT2D eigenvalue weighted by Gasteiger charge is -2.05. The molecular formula is C10H10F2N4. The van der Waals surface area contributed by atoms with Gasteiger partial charge in [0.05, 0.1) is 6.54 Å². The van der Waals surface area contributed by atoms with Crippen LogP contribution < -0.4 is 5.32 Å². The Morgan fingerprint density at radius 1 is 1.25 bits per heavy atom. The van der Waals surface area contributed by atoms with Crippen molar-refractivity contribution in [3.05, 3.63) is 42.0 Å². The van der Waals surface area contributed by atoms with Gasteiger partial charge in [-0.2, -0.15) is 0 Å². The SMILES string of the molecule is Cn1cnnc1CNc1cc(F)cc(F)c1. The Morgan fingerprint density at radius 2 is 1.94 bits per heavy atom. The minimum absolute atomic E-state index is 0.361. The van der Waals surface area contributed by atoms with Crippen molar-refractivity contribution in [3.8, 4) is 0 Å². The highest BCUT2D eigenvalue weighted by atomic mass is 19.1. The van der Waals surface area contributed by atoms with Crippen LogP contribution in [0.3, 0.4) is 0 Å². The molecule has 4 nitrogen and oxygen atoms in total. The summed E-state index contributed by atoms with van der Waals surface area (Å²) in [6.07, 6.45) is 1.56. The van der Waals surface area contributed by atoms with E-state index in [0.717, 1.165) is 6.07 Å². The summed E-state index contributed by atoms with van der Waals surface area (Å²) in [5, 5.41) is 10.4. The molecule has 16 heavy (non-hydrogen) atoms. The standard InChI is InChI=1S/C10H10F2N4/c1-16-6-14-15-10(16)5-13-9-3-7(11)2-8(12)4-9/h2-4,6,13H,5H2,1H3. The van der Waals surface area contributed by atoms with Gasteiger partial charge in [-0.1, -0.05) is 0 Å². The number of anilines is 1. The highest BCUT2D eigenvalue weighted by Crippen LogP contribution is 2.13. The number of aryl methyl sites for hydroxylation is 1. The number of benzene rings is 1. The molecule has 1 heterocycles. The van der Waals surface area contributed by atoms with Gasteiger partial charge in [-0.3, -0.25) is 0 Å². The van der Waals surface area contributed by atoms with Crippen molar-refractivity contribution in [2.75, 3.05) is 5.32 Å². The molecule has 2 rings (SSSR count). The predicted octanol–water partition coefficient (Wildman–Crippen LogP) is 1.71. The molecule has 1 aromatic carbocycles. The van der Waals surface area contributed by atoms with Gasteiger partial charge in [0.15, 0.2) is 5.82 Å². The largest absolute Gasteiger partial charge is 0.378 e.